The molecule has 2 N–H and O–H groups in total. The Hall–Kier alpha value is -2.17. The van der Waals surface area contributed by atoms with E-state index in [1.54, 1.807) is 36.4 Å². The smallest absolute Gasteiger partial charge is 0.250 e. The van der Waals surface area contributed by atoms with E-state index >= 15 is 0 Å². The molecule has 0 aliphatic heterocycles. The zero-order chi connectivity index (χ0) is 16.1. The van der Waals surface area contributed by atoms with Crippen LogP contribution in [0.25, 0.3) is 0 Å². The number of amides is 1. The average Bonchev–Trinajstić information content (AvgIpc) is 2.47. The molecule has 0 unspecified atom stereocenters. The number of rotatable bonds is 5. The van der Waals surface area contributed by atoms with E-state index in [0.29, 0.717) is 26.9 Å². The summed E-state index contributed by atoms with van der Waals surface area (Å²) in [4.78, 5) is 27.5. The van der Waals surface area contributed by atoms with Crippen LogP contribution < -0.4 is 5.73 Å². The number of carbonyl (C=O) groups is 2. The van der Waals surface area contributed by atoms with Gasteiger partial charge in [-0.25, -0.2) is 0 Å². The normalized spacial score (nSPS) is 10.8. The number of para-hydroxylation sites is 1. The van der Waals surface area contributed by atoms with Gasteiger partial charge in [-0.2, -0.15) is 0 Å². The monoisotopic (exact) mass is 334 g/mol. The molecule has 0 aromatic heterocycles. The molecule has 2 rings (SSSR count). The summed E-state index contributed by atoms with van der Waals surface area (Å²) in [5, 5.41) is 0.758. The first kappa shape index (κ1) is 16.2. The van der Waals surface area contributed by atoms with Gasteiger partial charge in [0.05, 0.1) is 16.3 Å². The third kappa shape index (κ3) is 3.93. The Morgan fingerprint density at radius 3 is 2.50 bits per heavy atom. The number of carbonyl (C=O) groups excluding carboxylic acids is 2. The van der Waals surface area contributed by atoms with Crippen LogP contribution in [0.2, 0.25) is 10.0 Å². The topological polar surface area (TPSA) is 72.5 Å². The number of ketones is 1. The number of benzene rings is 2. The van der Waals surface area contributed by atoms with Crippen molar-refractivity contribution in [3.8, 4) is 0 Å². The standard InChI is InChI=1S/C16H12Cl2N2O2/c17-10-5-6-11(13(18)9-10)15(21)7-8-20-14-4-2-1-3-12(14)16(19)22/h1-6,8-9H,7H2,(H2,19,22). The second-order valence-corrected chi connectivity index (χ2v) is 5.29. The van der Waals surface area contributed by atoms with Gasteiger partial charge in [0.25, 0.3) is 5.91 Å². The van der Waals surface area contributed by atoms with Crippen molar-refractivity contribution in [3.63, 3.8) is 0 Å². The largest absolute Gasteiger partial charge is 0.366 e. The molecule has 6 heteroatoms. The number of hydrogen-bond donors (Lipinski definition) is 1. The van der Waals surface area contributed by atoms with Gasteiger partial charge < -0.3 is 5.73 Å². The fourth-order valence-electron chi connectivity index (χ4n) is 1.85. The number of nitrogens with two attached hydrogens (primary N) is 1. The first-order chi connectivity index (χ1) is 10.5. The van der Waals surface area contributed by atoms with E-state index in [9.17, 15) is 9.59 Å². The van der Waals surface area contributed by atoms with E-state index in [2.05, 4.69) is 4.99 Å². The maximum Gasteiger partial charge on any atom is 0.250 e. The van der Waals surface area contributed by atoms with Crippen molar-refractivity contribution < 1.29 is 9.59 Å². The third-order valence-electron chi connectivity index (χ3n) is 2.91. The summed E-state index contributed by atoms with van der Waals surface area (Å²) >= 11 is 11.8. The summed E-state index contributed by atoms with van der Waals surface area (Å²) < 4.78 is 0. The van der Waals surface area contributed by atoms with Crippen LogP contribution in [0, 0.1) is 0 Å². The van der Waals surface area contributed by atoms with Gasteiger partial charge in [0.2, 0.25) is 0 Å². The predicted octanol–water partition coefficient (Wildman–Crippen LogP) is 4.07. The molecular weight excluding hydrogens is 323 g/mol. The molecule has 0 aliphatic carbocycles. The summed E-state index contributed by atoms with van der Waals surface area (Å²) in [6.07, 6.45) is 1.48. The van der Waals surface area contributed by atoms with Gasteiger partial charge in [-0.15, -0.1) is 0 Å². The zero-order valence-corrected chi connectivity index (χ0v) is 12.9. The summed E-state index contributed by atoms with van der Waals surface area (Å²) in [5.74, 6) is -0.762. The van der Waals surface area contributed by atoms with Gasteiger partial charge in [0, 0.05) is 23.2 Å². The molecule has 0 bridgehead atoms. The Kier molecular flexibility index (Phi) is 5.31. The van der Waals surface area contributed by atoms with Gasteiger partial charge in [-0.3, -0.25) is 14.6 Å². The van der Waals surface area contributed by atoms with Crippen molar-refractivity contribution in [2.75, 3.05) is 0 Å². The Balaban J connectivity index is 2.13. The fourth-order valence-corrected chi connectivity index (χ4v) is 2.36. The van der Waals surface area contributed by atoms with Crippen LogP contribution in [0.3, 0.4) is 0 Å². The Morgan fingerprint density at radius 2 is 1.82 bits per heavy atom. The van der Waals surface area contributed by atoms with Gasteiger partial charge in [-0.1, -0.05) is 35.3 Å². The van der Waals surface area contributed by atoms with Crippen molar-refractivity contribution in [2.24, 2.45) is 10.7 Å². The molecule has 0 radical (unpaired) electrons. The minimum Gasteiger partial charge on any atom is -0.366 e. The van der Waals surface area contributed by atoms with Crippen LogP contribution >= 0.6 is 23.2 Å². The summed E-state index contributed by atoms with van der Waals surface area (Å²) in [5.41, 5.74) is 6.36. The fraction of sp³-hybridized carbons (Fsp3) is 0.0625. The van der Waals surface area contributed by atoms with E-state index in [4.69, 9.17) is 28.9 Å². The summed E-state index contributed by atoms with van der Waals surface area (Å²) in [7, 11) is 0. The summed E-state index contributed by atoms with van der Waals surface area (Å²) in [6, 6.07) is 11.3. The molecule has 0 aliphatic rings. The molecular formula is C16H12Cl2N2O2. The zero-order valence-electron chi connectivity index (χ0n) is 11.4. The molecule has 0 atom stereocenters. The lowest BCUT2D eigenvalue weighted by Gasteiger charge is -2.02. The molecule has 112 valence electrons. The minimum absolute atomic E-state index is 0.0500. The first-order valence-electron chi connectivity index (χ1n) is 6.38. The Bertz CT molecular complexity index is 758. The second-order valence-electron chi connectivity index (χ2n) is 4.44. The molecule has 0 saturated carbocycles. The highest BCUT2D eigenvalue weighted by atomic mass is 35.5. The van der Waals surface area contributed by atoms with Crippen LogP contribution in [-0.2, 0) is 0 Å². The maximum absolute atomic E-state index is 12.1. The number of halogens is 2. The predicted molar refractivity (Wildman–Crippen MR) is 88.5 cm³/mol. The molecule has 0 heterocycles. The molecule has 0 fully saturated rings. The SMILES string of the molecule is NC(=O)c1ccccc1N=CCC(=O)c1ccc(Cl)cc1Cl. The molecule has 1 amide bonds. The highest BCUT2D eigenvalue weighted by molar-refractivity contribution is 6.37. The van der Waals surface area contributed by atoms with Crippen LogP contribution in [0.4, 0.5) is 5.69 Å². The van der Waals surface area contributed by atoms with Gasteiger partial charge in [0.15, 0.2) is 5.78 Å². The van der Waals surface area contributed by atoms with Crippen molar-refractivity contribution >= 4 is 46.8 Å². The number of nitrogens with zero attached hydrogens (tertiary/aromatic N) is 1. The van der Waals surface area contributed by atoms with Crippen molar-refractivity contribution in [1.29, 1.82) is 0 Å². The van der Waals surface area contributed by atoms with Crippen LogP contribution in [0.15, 0.2) is 47.5 Å². The molecule has 0 saturated heterocycles. The number of hydrogen-bond acceptors (Lipinski definition) is 3. The van der Waals surface area contributed by atoms with Gasteiger partial charge >= 0.3 is 0 Å². The lowest BCUT2D eigenvalue weighted by molar-refractivity contribution is 0.0993. The van der Waals surface area contributed by atoms with Crippen molar-refractivity contribution in [3.05, 3.63) is 63.6 Å². The minimum atomic E-state index is -0.570. The average molecular weight is 335 g/mol. The molecule has 0 spiro atoms. The van der Waals surface area contributed by atoms with E-state index in [0.717, 1.165) is 0 Å². The molecule has 2 aromatic rings. The van der Waals surface area contributed by atoms with Gasteiger partial charge in [0.1, 0.15) is 0 Å². The number of aliphatic imine (C=N–C) groups is 1. The van der Waals surface area contributed by atoms with Gasteiger partial charge in [-0.05, 0) is 30.3 Å². The Labute approximate surface area is 137 Å². The highest BCUT2D eigenvalue weighted by Crippen LogP contribution is 2.22. The molecule has 2 aromatic carbocycles. The lowest BCUT2D eigenvalue weighted by atomic mass is 10.1. The number of primary amides is 1. The molecule has 4 nitrogen and oxygen atoms in total. The van der Waals surface area contributed by atoms with Crippen LogP contribution in [0.5, 0.6) is 0 Å². The highest BCUT2D eigenvalue weighted by Gasteiger charge is 2.10. The van der Waals surface area contributed by atoms with Crippen molar-refractivity contribution in [1.82, 2.24) is 0 Å². The van der Waals surface area contributed by atoms with Crippen LogP contribution in [0.1, 0.15) is 27.1 Å². The Morgan fingerprint density at radius 1 is 1.09 bits per heavy atom. The molecule has 22 heavy (non-hydrogen) atoms. The second kappa shape index (κ2) is 7.20. The van der Waals surface area contributed by atoms with Crippen molar-refractivity contribution in [2.45, 2.75) is 6.42 Å². The third-order valence-corrected chi connectivity index (χ3v) is 3.46. The van der Waals surface area contributed by atoms with E-state index < -0.39 is 5.91 Å². The maximum atomic E-state index is 12.1. The van der Waals surface area contributed by atoms with Crippen LogP contribution in [-0.4, -0.2) is 17.9 Å². The first-order valence-corrected chi connectivity index (χ1v) is 7.14. The number of Topliss-reactive ketones (excluding diaryl/α,β-unsaturated/α-hetero) is 1. The quantitative estimate of drug-likeness (QED) is 0.661. The summed E-state index contributed by atoms with van der Waals surface area (Å²) in [6.45, 7) is 0. The lowest BCUT2D eigenvalue weighted by Crippen LogP contribution is -2.10. The van der Waals surface area contributed by atoms with E-state index in [1.807, 2.05) is 0 Å². The van der Waals surface area contributed by atoms with E-state index in [1.165, 1.54) is 12.3 Å². The van der Waals surface area contributed by atoms with E-state index in [-0.39, 0.29) is 12.2 Å².